The number of nitrogens with zero attached hydrogens (tertiary/aromatic N) is 3. The van der Waals surface area contributed by atoms with Crippen molar-refractivity contribution in [3.05, 3.63) is 59.7 Å². The van der Waals surface area contributed by atoms with E-state index < -0.39 is 0 Å². The highest BCUT2D eigenvalue weighted by molar-refractivity contribution is 5.15. The number of hydrogen-bond donors (Lipinski definition) is 0. The van der Waals surface area contributed by atoms with E-state index in [9.17, 15) is 0 Å². The first-order valence-electron chi connectivity index (χ1n) is 8.46. The van der Waals surface area contributed by atoms with Crippen LogP contribution in [0, 0.1) is 0 Å². The van der Waals surface area contributed by atoms with Crippen molar-refractivity contribution in [2.24, 2.45) is 0 Å². The molecule has 0 radical (unpaired) electrons. The lowest BCUT2D eigenvalue weighted by Gasteiger charge is -2.21. The fourth-order valence-electron chi connectivity index (χ4n) is 2.91. The Morgan fingerprint density at radius 3 is 2.57 bits per heavy atom. The summed E-state index contributed by atoms with van der Waals surface area (Å²) < 4.78 is 5.74. The molecule has 1 aliphatic heterocycles. The summed E-state index contributed by atoms with van der Waals surface area (Å²) in [5.41, 5.74) is 2.53. The predicted octanol–water partition coefficient (Wildman–Crippen LogP) is 3.39. The molecule has 2 aromatic rings. The Hall–Kier alpha value is -1.78. The molecule has 1 atom stereocenters. The molecule has 0 N–H and O–H groups in total. The molecule has 4 nitrogen and oxygen atoms in total. The zero-order valence-corrected chi connectivity index (χ0v) is 13.8. The van der Waals surface area contributed by atoms with Gasteiger partial charge in [0, 0.05) is 37.7 Å². The molecule has 1 aromatic heterocycles. The molecule has 122 valence electrons. The van der Waals surface area contributed by atoms with E-state index in [-0.39, 0.29) is 6.10 Å². The highest BCUT2D eigenvalue weighted by Gasteiger charge is 2.18. The minimum Gasteiger partial charge on any atom is -0.370 e. The third-order valence-corrected chi connectivity index (χ3v) is 4.27. The third-order valence-electron chi connectivity index (χ3n) is 4.27. The van der Waals surface area contributed by atoms with Gasteiger partial charge in [0.2, 0.25) is 0 Å². The van der Waals surface area contributed by atoms with Crippen LogP contribution in [0.1, 0.15) is 42.3 Å². The first kappa shape index (κ1) is 16.1. The molecule has 2 heterocycles. The van der Waals surface area contributed by atoms with Crippen LogP contribution in [0.4, 0.5) is 0 Å². The van der Waals surface area contributed by atoms with Crippen LogP contribution in [-0.2, 0) is 17.7 Å². The number of hydrogen-bond acceptors (Lipinski definition) is 4. The zero-order chi connectivity index (χ0) is 15.9. The van der Waals surface area contributed by atoms with Crippen molar-refractivity contribution in [1.82, 2.24) is 14.9 Å². The summed E-state index contributed by atoms with van der Waals surface area (Å²) in [6.45, 7) is 2.73. The van der Waals surface area contributed by atoms with Crippen molar-refractivity contribution < 1.29 is 4.74 Å². The van der Waals surface area contributed by atoms with E-state index >= 15 is 0 Å². The van der Waals surface area contributed by atoms with E-state index in [1.165, 1.54) is 12.0 Å². The fraction of sp³-hybridized carbons (Fsp3) is 0.474. The van der Waals surface area contributed by atoms with E-state index in [1.54, 1.807) is 0 Å². The van der Waals surface area contributed by atoms with Crippen LogP contribution in [0.2, 0.25) is 0 Å². The van der Waals surface area contributed by atoms with Crippen LogP contribution in [0.15, 0.2) is 42.7 Å². The van der Waals surface area contributed by atoms with E-state index in [2.05, 4.69) is 52.2 Å². The van der Waals surface area contributed by atoms with Gasteiger partial charge in [-0.25, -0.2) is 9.97 Å². The van der Waals surface area contributed by atoms with Crippen molar-refractivity contribution in [2.75, 3.05) is 20.2 Å². The molecule has 1 unspecified atom stereocenters. The van der Waals surface area contributed by atoms with Crippen LogP contribution in [-0.4, -0.2) is 35.1 Å². The summed E-state index contributed by atoms with van der Waals surface area (Å²) in [6.07, 6.45) is 8.44. The topological polar surface area (TPSA) is 38.2 Å². The molecule has 0 amide bonds. The van der Waals surface area contributed by atoms with Gasteiger partial charge in [0.25, 0.3) is 0 Å². The van der Waals surface area contributed by atoms with Gasteiger partial charge in [0.05, 0.1) is 0 Å². The number of aromatic nitrogens is 2. The van der Waals surface area contributed by atoms with Gasteiger partial charge in [0.1, 0.15) is 6.10 Å². The van der Waals surface area contributed by atoms with Gasteiger partial charge >= 0.3 is 0 Å². The molecule has 0 aliphatic carbocycles. The lowest BCUT2D eigenvalue weighted by molar-refractivity contribution is 0.00938. The quantitative estimate of drug-likeness (QED) is 0.819. The average Bonchev–Trinajstić information content (AvgIpc) is 2.62. The first-order valence-corrected chi connectivity index (χ1v) is 8.46. The summed E-state index contributed by atoms with van der Waals surface area (Å²) in [5.74, 6) is 0.834. The first-order chi connectivity index (χ1) is 11.3. The lowest BCUT2D eigenvalue weighted by atomic mass is 10.1. The molecule has 23 heavy (non-hydrogen) atoms. The van der Waals surface area contributed by atoms with Crippen LogP contribution in [0.3, 0.4) is 0 Å². The molecule has 1 fully saturated rings. The van der Waals surface area contributed by atoms with Gasteiger partial charge in [-0.1, -0.05) is 30.3 Å². The second-order valence-electron chi connectivity index (χ2n) is 6.28. The Kier molecular flexibility index (Phi) is 5.72. The lowest BCUT2D eigenvalue weighted by Crippen LogP contribution is -2.21. The molecule has 0 saturated carbocycles. The predicted molar refractivity (Wildman–Crippen MR) is 91.1 cm³/mol. The van der Waals surface area contributed by atoms with Gasteiger partial charge in [-0.3, -0.25) is 0 Å². The Labute approximate surface area is 138 Å². The highest BCUT2D eigenvalue weighted by atomic mass is 16.5. The van der Waals surface area contributed by atoms with Crippen LogP contribution in [0.5, 0.6) is 0 Å². The van der Waals surface area contributed by atoms with Crippen LogP contribution in [0.25, 0.3) is 0 Å². The van der Waals surface area contributed by atoms with Gasteiger partial charge in [-0.05, 0) is 38.3 Å². The van der Waals surface area contributed by atoms with Crippen molar-refractivity contribution in [1.29, 1.82) is 0 Å². The second kappa shape index (κ2) is 8.18. The molecular formula is C19H25N3O. The highest BCUT2D eigenvalue weighted by Crippen LogP contribution is 2.24. The maximum Gasteiger partial charge on any atom is 0.157 e. The normalized spacial score (nSPS) is 18.3. The van der Waals surface area contributed by atoms with E-state index in [0.717, 1.165) is 50.3 Å². The Balaban J connectivity index is 1.49. The Morgan fingerprint density at radius 2 is 1.87 bits per heavy atom. The molecule has 0 bridgehead atoms. The summed E-state index contributed by atoms with van der Waals surface area (Å²) >= 11 is 0. The molecule has 4 heteroatoms. The second-order valence-corrected chi connectivity index (χ2v) is 6.28. The summed E-state index contributed by atoms with van der Waals surface area (Å²) in [7, 11) is 2.14. The SMILES string of the molecule is CN(CCc1ccccc1)Cc1cnc(C2CCCCO2)nc1. The number of ether oxygens (including phenoxy) is 1. The van der Waals surface area contributed by atoms with E-state index in [4.69, 9.17) is 4.74 Å². The summed E-state index contributed by atoms with van der Waals surface area (Å²) in [4.78, 5) is 11.3. The molecule has 1 aliphatic rings. The molecular weight excluding hydrogens is 286 g/mol. The maximum atomic E-state index is 5.74. The smallest absolute Gasteiger partial charge is 0.157 e. The monoisotopic (exact) mass is 311 g/mol. The minimum absolute atomic E-state index is 0.0913. The van der Waals surface area contributed by atoms with E-state index in [0.29, 0.717) is 0 Å². The standard InChI is InChI=1S/C19H25N3O/c1-22(11-10-16-7-3-2-4-8-16)15-17-13-20-19(21-14-17)18-9-5-6-12-23-18/h2-4,7-8,13-14,18H,5-6,9-12,15H2,1H3. The largest absolute Gasteiger partial charge is 0.370 e. The minimum atomic E-state index is 0.0913. The van der Waals surface area contributed by atoms with Crippen molar-refractivity contribution in [3.8, 4) is 0 Å². The Morgan fingerprint density at radius 1 is 1.09 bits per heavy atom. The van der Waals surface area contributed by atoms with E-state index in [1.807, 2.05) is 12.4 Å². The average molecular weight is 311 g/mol. The Bertz CT molecular complexity index is 579. The molecule has 1 saturated heterocycles. The van der Waals surface area contributed by atoms with Crippen molar-refractivity contribution in [3.63, 3.8) is 0 Å². The number of benzene rings is 1. The van der Waals surface area contributed by atoms with Crippen LogP contribution >= 0.6 is 0 Å². The fourth-order valence-corrected chi connectivity index (χ4v) is 2.91. The number of likely N-dealkylation sites (N-methyl/N-ethyl adjacent to an activating group) is 1. The maximum absolute atomic E-state index is 5.74. The van der Waals surface area contributed by atoms with Gasteiger partial charge in [-0.2, -0.15) is 0 Å². The summed E-state index contributed by atoms with van der Waals surface area (Å²) in [6, 6.07) is 10.6. The zero-order valence-electron chi connectivity index (χ0n) is 13.8. The molecule has 3 rings (SSSR count). The molecule has 1 aromatic carbocycles. The van der Waals surface area contributed by atoms with Crippen molar-refractivity contribution >= 4 is 0 Å². The number of rotatable bonds is 6. The molecule has 0 spiro atoms. The van der Waals surface area contributed by atoms with Gasteiger partial charge in [-0.15, -0.1) is 0 Å². The van der Waals surface area contributed by atoms with Crippen molar-refractivity contribution in [2.45, 2.75) is 38.3 Å². The van der Waals surface area contributed by atoms with Gasteiger partial charge in [0.15, 0.2) is 5.82 Å². The van der Waals surface area contributed by atoms with Gasteiger partial charge < -0.3 is 9.64 Å². The van der Waals surface area contributed by atoms with Crippen LogP contribution < -0.4 is 0 Å². The third kappa shape index (κ3) is 4.85. The summed E-state index contributed by atoms with van der Waals surface area (Å²) in [5, 5.41) is 0.